The van der Waals surface area contributed by atoms with Gasteiger partial charge in [-0.2, -0.15) is 0 Å². The molecule has 1 N–H and O–H groups in total. The van der Waals surface area contributed by atoms with Crippen molar-refractivity contribution in [3.05, 3.63) is 106 Å². The van der Waals surface area contributed by atoms with Crippen molar-refractivity contribution in [3.8, 4) is 11.5 Å². The summed E-state index contributed by atoms with van der Waals surface area (Å²) >= 11 is 6.89. The number of imide groups is 1. The van der Waals surface area contributed by atoms with Crippen molar-refractivity contribution >= 4 is 58.1 Å². The predicted molar refractivity (Wildman–Crippen MR) is 176 cm³/mol. The summed E-state index contributed by atoms with van der Waals surface area (Å²) in [6, 6.07) is 17.6. The maximum atomic E-state index is 13.2. The third kappa shape index (κ3) is 8.77. The summed E-state index contributed by atoms with van der Waals surface area (Å²) in [7, 11) is 1.53. The van der Waals surface area contributed by atoms with E-state index in [-0.39, 0.29) is 27.8 Å². The second-order valence-corrected chi connectivity index (χ2v) is 11.4. The van der Waals surface area contributed by atoms with E-state index in [2.05, 4.69) is 11.9 Å². The third-order valence-electron chi connectivity index (χ3n) is 6.64. The van der Waals surface area contributed by atoms with E-state index in [1.165, 1.54) is 25.3 Å². The first-order chi connectivity index (χ1) is 21.7. The minimum atomic E-state index is -0.624. The molecular formula is C34H33ClN2O7S. The number of carbonyl (C=O) groups is 4. The fourth-order valence-electron chi connectivity index (χ4n) is 4.40. The summed E-state index contributed by atoms with van der Waals surface area (Å²) in [6.45, 7) is 5.88. The number of halogens is 1. The monoisotopic (exact) mass is 648 g/mol. The number of nitrogens with zero attached hydrogens (tertiary/aromatic N) is 1. The van der Waals surface area contributed by atoms with E-state index in [0.29, 0.717) is 36.5 Å². The Morgan fingerprint density at radius 2 is 1.87 bits per heavy atom. The molecule has 4 rings (SSSR count). The van der Waals surface area contributed by atoms with Crippen molar-refractivity contribution in [1.29, 1.82) is 0 Å². The Bertz CT molecular complexity index is 1620. The first-order valence-corrected chi connectivity index (χ1v) is 15.4. The maximum Gasteiger partial charge on any atom is 0.339 e. The molecule has 1 aliphatic rings. The van der Waals surface area contributed by atoms with Crippen LogP contribution >= 0.6 is 23.4 Å². The number of amides is 3. The highest BCUT2D eigenvalue weighted by Crippen LogP contribution is 2.37. The number of carbonyl (C=O) groups excluding carboxylic acids is 4. The van der Waals surface area contributed by atoms with Crippen molar-refractivity contribution in [1.82, 2.24) is 4.90 Å². The van der Waals surface area contributed by atoms with Crippen LogP contribution in [0.3, 0.4) is 0 Å². The van der Waals surface area contributed by atoms with E-state index < -0.39 is 29.6 Å². The van der Waals surface area contributed by atoms with Crippen LogP contribution in [-0.2, 0) is 27.4 Å². The van der Waals surface area contributed by atoms with Gasteiger partial charge in [0.2, 0.25) is 5.91 Å². The largest absolute Gasteiger partial charge is 0.493 e. The molecule has 1 heterocycles. The maximum absolute atomic E-state index is 13.2. The number of esters is 1. The molecule has 234 valence electrons. The van der Waals surface area contributed by atoms with Gasteiger partial charge in [-0.15, -0.1) is 6.58 Å². The number of anilines is 1. The molecule has 9 nitrogen and oxygen atoms in total. The van der Waals surface area contributed by atoms with E-state index in [1.807, 2.05) is 43.3 Å². The number of hydrogen-bond acceptors (Lipinski definition) is 8. The van der Waals surface area contributed by atoms with Crippen LogP contribution in [0.15, 0.2) is 78.2 Å². The minimum absolute atomic E-state index is 0.0995. The van der Waals surface area contributed by atoms with Crippen molar-refractivity contribution in [2.45, 2.75) is 32.8 Å². The van der Waals surface area contributed by atoms with Gasteiger partial charge in [-0.1, -0.05) is 61.4 Å². The van der Waals surface area contributed by atoms with Crippen LogP contribution < -0.4 is 14.8 Å². The number of methoxy groups -OCH3 is 1. The minimum Gasteiger partial charge on any atom is -0.493 e. The van der Waals surface area contributed by atoms with Gasteiger partial charge in [-0.3, -0.25) is 19.3 Å². The van der Waals surface area contributed by atoms with Gasteiger partial charge < -0.3 is 19.5 Å². The van der Waals surface area contributed by atoms with Gasteiger partial charge in [0.25, 0.3) is 11.1 Å². The Morgan fingerprint density at radius 3 is 2.58 bits per heavy atom. The van der Waals surface area contributed by atoms with Gasteiger partial charge in [0.1, 0.15) is 13.2 Å². The Kier molecular flexibility index (Phi) is 11.8. The Balaban J connectivity index is 1.47. The lowest BCUT2D eigenvalue weighted by Crippen LogP contribution is -2.36. The number of rotatable bonds is 14. The molecular weight excluding hydrogens is 616 g/mol. The van der Waals surface area contributed by atoms with Crippen LogP contribution in [0.4, 0.5) is 10.5 Å². The fraction of sp³-hybridized carbons (Fsp3) is 0.235. The van der Waals surface area contributed by atoms with Crippen LogP contribution in [0.5, 0.6) is 11.5 Å². The summed E-state index contributed by atoms with van der Waals surface area (Å²) in [4.78, 5) is 52.2. The summed E-state index contributed by atoms with van der Waals surface area (Å²) in [5.41, 5.74) is 2.77. The van der Waals surface area contributed by atoms with Crippen LogP contribution in [0.2, 0.25) is 5.02 Å². The second-order valence-electron chi connectivity index (χ2n) is 9.98. The van der Waals surface area contributed by atoms with E-state index in [0.717, 1.165) is 34.2 Å². The number of nitrogens with one attached hydrogen (secondary N) is 1. The molecule has 0 unspecified atom stereocenters. The molecule has 11 heteroatoms. The molecule has 1 fully saturated rings. The van der Waals surface area contributed by atoms with E-state index in [1.54, 1.807) is 18.2 Å². The van der Waals surface area contributed by atoms with Gasteiger partial charge in [-0.05, 0) is 72.1 Å². The van der Waals surface area contributed by atoms with Crippen molar-refractivity contribution in [3.63, 3.8) is 0 Å². The molecule has 1 aliphatic heterocycles. The van der Waals surface area contributed by atoms with Gasteiger partial charge in [0.05, 0.1) is 29.2 Å². The summed E-state index contributed by atoms with van der Waals surface area (Å²) in [5.74, 6) is -0.815. The molecule has 0 saturated carbocycles. The Morgan fingerprint density at radius 1 is 1.09 bits per heavy atom. The number of unbranched alkanes of at least 4 members (excludes halogenated alkanes) is 1. The molecule has 45 heavy (non-hydrogen) atoms. The number of benzene rings is 3. The molecule has 3 aromatic carbocycles. The van der Waals surface area contributed by atoms with Gasteiger partial charge in [0.15, 0.2) is 11.5 Å². The van der Waals surface area contributed by atoms with Crippen LogP contribution in [0, 0.1) is 0 Å². The topological polar surface area (TPSA) is 111 Å². The molecule has 0 radical (unpaired) electrons. The highest BCUT2D eigenvalue weighted by atomic mass is 35.5. The zero-order valence-corrected chi connectivity index (χ0v) is 26.5. The average molecular weight is 649 g/mol. The first-order valence-electron chi connectivity index (χ1n) is 14.2. The summed E-state index contributed by atoms with van der Waals surface area (Å²) in [6.07, 6.45) is 5.37. The smallest absolute Gasteiger partial charge is 0.339 e. The predicted octanol–water partition coefficient (Wildman–Crippen LogP) is 7.29. The lowest BCUT2D eigenvalue weighted by atomic mass is 10.0. The number of ether oxygens (including phenoxy) is 3. The molecule has 0 aromatic heterocycles. The normalized spacial score (nSPS) is 13.6. The number of thioether (sulfide) groups is 1. The summed E-state index contributed by atoms with van der Waals surface area (Å²) in [5, 5.41) is 2.20. The highest BCUT2D eigenvalue weighted by Gasteiger charge is 2.36. The van der Waals surface area contributed by atoms with Crippen LogP contribution in [0.1, 0.15) is 46.8 Å². The fourth-order valence-corrected chi connectivity index (χ4v) is 5.43. The SMILES string of the molecule is C=CCc1cc(/C=C2\SC(=O)N(CC(=O)Nc3ccc(Cl)c(C(=O)OCCCC)c3)C2=O)cc(OC)c1OCc1ccccc1. The van der Waals surface area contributed by atoms with Crippen molar-refractivity contribution < 1.29 is 33.4 Å². The van der Waals surface area contributed by atoms with E-state index in [9.17, 15) is 19.2 Å². The lowest BCUT2D eigenvalue weighted by Gasteiger charge is -2.16. The zero-order valence-electron chi connectivity index (χ0n) is 25.0. The molecule has 0 atom stereocenters. The Labute approximate surface area is 271 Å². The Hall–Kier alpha value is -4.54. The number of hydrogen-bond donors (Lipinski definition) is 1. The lowest BCUT2D eigenvalue weighted by molar-refractivity contribution is -0.127. The molecule has 1 saturated heterocycles. The third-order valence-corrected chi connectivity index (χ3v) is 7.88. The summed E-state index contributed by atoms with van der Waals surface area (Å²) < 4.78 is 16.9. The van der Waals surface area contributed by atoms with E-state index in [4.69, 9.17) is 25.8 Å². The molecule has 0 aliphatic carbocycles. The quantitative estimate of drug-likeness (QED) is 0.0840. The van der Waals surface area contributed by atoms with Gasteiger partial charge in [0, 0.05) is 11.3 Å². The van der Waals surface area contributed by atoms with Crippen molar-refractivity contribution in [2.24, 2.45) is 0 Å². The number of allylic oxidation sites excluding steroid dienone is 1. The molecule has 3 amide bonds. The van der Waals surface area contributed by atoms with E-state index >= 15 is 0 Å². The second kappa shape index (κ2) is 16.0. The van der Waals surface area contributed by atoms with Crippen LogP contribution in [-0.4, -0.2) is 48.2 Å². The van der Waals surface area contributed by atoms with Crippen molar-refractivity contribution in [2.75, 3.05) is 25.6 Å². The molecule has 0 spiro atoms. The first kappa shape index (κ1) is 33.4. The van der Waals surface area contributed by atoms with Gasteiger partial charge in [-0.25, -0.2) is 4.79 Å². The van der Waals surface area contributed by atoms with Gasteiger partial charge >= 0.3 is 5.97 Å². The highest BCUT2D eigenvalue weighted by molar-refractivity contribution is 8.18. The molecule has 3 aromatic rings. The average Bonchev–Trinajstić information content (AvgIpc) is 3.28. The zero-order chi connectivity index (χ0) is 32.3. The molecule has 0 bridgehead atoms. The van der Waals surface area contributed by atoms with Crippen LogP contribution in [0.25, 0.3) is 6.08 Å². The standard InChI is InChI=1S/C34H33ClN2O7S/c1-4-6-15-43-33(40)26-19-25(13-14-27(26)35)36-30(38)20-37-32(39)29(45-34(37)41)18-23-16-24(10-5-2)31(28(17-23)42-3)44-21-22-11-8-7-9-12-22/h5,7-9,11-14,16-19H,2,4,6,10,15,20-21H2,1,3H3,(H,36,38)/b29-18-.